The molecule has 0 amide bonds. The van der Waals surface area contributed by atoms with Gasteiger partial charge in [0.25, 0.3) is 0 Å². The summed E-state index contributed by atoms with van der Waals surface area (Å²) in [6.45, 7) is 0.101. The Labute approximate surface area is 121 Å². The van der Waals surface area contributed by atoms with Crippen molar-refractivity contribution in [3.05, 3.63) is 35.4 Å². The van der Waals surface area contributed by atoms with E-state index in [2.05, 4.69) is 5.32 Å². The summed E-state index contributed by atoms with van der Waals surface area (Å²) in [4.78, 5) is 12.0. The van der Waals surface area contributed by atoms with E-state index in [1.54, 1.807) is 11.8 Å². The van der Waals surface area contributed by atoms with Gasteiger partial charge in [-0.2, -0.15) is 11.8 Å². The molecule has 0 unspecified atom stereocenters. The molecule has 6 heteroatoms. The Hall–Kier alpha value is -1.14. The molecule has 0 atom stereocenters. The van der Waals surface area contributed by atoms with E-state index >= 15 is 0 Å². The van der Waals surface area contributed by atoms with E-state index in [1.165, 1.54) is 19.2 Å². The highest BCUT2D eigenvalue weighted by Gasteiger charge is 2.40. The van der Waals surface area contributed by atoms with Crippen LogP contribution in [0, 0.1) is 11.6 Å². The highest BCUT2D eigenvalue weighted by Crippen LogP contribution is 2.29. The summed E-state index contributed by atoms with van der Waals surface area (Å²) in [6.07, 6.45) is 1.25. The molecule has 1 aliphatic rings. The number of thioether (sulfide) groups is 1. The van der Waals surface area contributed by atoms with Crippen LogP contribution in [-0.2, 0) is 16.1 Å². The van der Waals surface area contributed by atoms with Crippen molar-refractivity contribution in [3.8, 4) is 0 Å². The van der Waals surface area contributed by atoms with Gasteiger partial charge in [0, 0.05) is 12.1 Å². The van der Waals surface area contributed by atoms with Gasteiger partial charge < -0.3 is 4.74 Å². The van der Waals surface area contributed by atoms with Gasteiger partial charge in [0.05, 0.1) is 7.11 Å². The fraction of sp³-hybridized carbons (Fsp3) is 0.500. The van der Waals surface area contributed by atoms with Gasteiger partial charge in [-0.3, -0.25) is 10.1 Å². The molecule has 2 rings (SSSR count). The van der Waals surface area contributed by atoms with E-state index in [0.717, 1.165) is 17.6 Å². The number of carbonyl (C=O) groups excluding carboxylic acids is 1. The lowest BCUT2D eigenvalue weighted by Crippen LogP contribution is -2.54. The first-order chi connectivity index (χ1) is 9.59. The van der Waals surface area contributed by atoms with Gasteiger partial charge in [-0.15, -0.1) is 0 Å². The van der Waals surface area contributed by atoms with Gasteiger partial charge in [-0.25, -0.2) is 8.78 Å². The topological polar surface area (TPSA) is 38.3 Å². The van der Waals surface area contributed by atoms with Crippen LogP contribution in [0.4, 0.5) is 8.78 Å². The molecule has 1 aliphatic heterocycles. The van der Waals surface area contributed by atoms with Crippen molar-refractivity contribution in [2.24, 2.45) is 0 Å². The first-order valence-electron chi connectivity index (χ1n) is 6.43. The fourth-order valence-corrected chi connectivity index (χ4v) is 3.51. The van der Waals surface area contributed by atoms with Gasteiger partial charge in [-0.05, 0) is 30.4 Å². The number of hydrogen-bond acceptors (Lipinski definition) is 4. The van der Waals surface area contributed by atoms with Crippen molar-refractivity contribution in [1.82, 2.24) is 5.32 Å². The van der Waals surface area contributed by atoms with E-state index in [1.807, 2.05) is 0 Å². The highest BCUT2D eigenvalue weighted by molar-refractivity contribution is 7.99. The zero-order valence-electron chi connectivity index (χ0n) is 11.2. The molecule has 0 radical (unpaired) electrons. The first kappa shape index (κ1) is 15.3. The summed E-state index contributed by atoms with van der Waals surface area (Å²) < 4.78 is 31.7. The third-order valence-electron chi connectivity index (χ3n) is 3.57. The minimum absolute atomic E-state index is 0.101. The molecule has 20 heavy (non-hydrogen) atoms. The number of nitrogens with one attached hydrogen (secondary N) is 1. The predicted molar refractivity (Wildman–Crippen MR) is 74.5 cm³/mol. The molecule has 0 saturated carbocycles. The molecule has 1 N–H and O–H groups in total. The first-order valence-corrected chi connectivity index (χ1v) is 7.58. The molecule has 1 aromatic rings. The van der Waals surface area contributed by atoms with E-state index < -0.39 is 17.2 Å². The van der Waals surface area contributed by atoms with Crippen molar-refractivity contribution in [1.29, 1.82) is 0 Å². The van der Waals surface area contributed by atoms with Crippen LogP contribution in [0.25, 0.3) is 0 Å². The van der Waals surface area contributed by atoms with Gasteiger partial charge >= 0.3 is 5.97 Å². The second kappa shape index (κ2) is 6.54. The number of carbonyl (C=O) groups is 1. The maximum Gasteiger partial charge on any atom is 0.326 e. The van der Waals surface area contributed by atoms with E-state index in [-0.39, 0.29) is 18.1 Å². The number of hydrogen-bond donors (Lipinski definition) is 1. The fourth-order valence-electron chi connectivity index (χ4n) is 2.32. The molecule has 110 valence electrons. The average molecular weight is 301 g/mol. The van der Waals surface area contributed by atoms with Crippen LogP contribution in [-0.4, -0.2) is 30.1 Å². The predicted octanol–water partition coefficient (Wildman–Crippen LogP) is 2.49. The third-order valence-corrected chi connectivity index (χ3v) is 4.56. The molecule has 1 aromatic carbocycles. The summed E-state index contributed by atoms with van der Waals surface area (Å²) in [5.41, 5.74) is -0.579. The van der Waals surface area contributed by atoms with E-state index in [4.69, 9.17) is 4.74 Å². The summed E-state index contributed by atoms with van der Waals surface area (Å²) >= 11 is 1.77. The van der Waals surface area contributed by atoms with Crippen molar-refractivity contribution >= 4 is 17.7 Å². The van der Waals surface area contributed by atoms with Crippen LogP contribution in [0.5, 0.6) is 0 Å². The van der Waals surface area contributed by atoms with Crippen LogP contribution in [0.3, 0.4) is 0 Å². The maximum absolute atomic E-state index is 13.6. The molecule has 0 spiro atoms. The highest BCUT2D eigenvalue weighted by atomic mass is 32.2. The molecule has 1 heterocycles. The van der Waals surface area contributed by atoms with Crippen molar-refractivity contribution in [3.63, 3.8) is 0 Å². The summed E-state index contributed by atoms with van der Waals surface area (Å²) in [5, 5.41) is 3.08. The lowest BCUT2D eigenvalue weighted by molar-refractivity contribution is -0.149. The van der Waals surface area contributed by atoms with Crippen molar-refractivity contribution < 1.29 is 18.3 Å². The molecule has 1 saturated heterocycles. The Morgan fingerprint density at radius 3 is 2.75 bits per heavy atom. The van der Waals surface area contributed by atoms with Crippen LogP contribution >= 0.6 is 11.8 Å². The number of rotatable bonds is 4. The van der Waals surface area contributed by atoms with Crippen LogP contribution in [0.2, 0.25) is 0 Å². The molecule has 1 fully saturated rings. The lowest BCUT2D eigenvalue weighted by Gasteiger charge is -2.35. The summed E-state index contributed by atoms with van der Waals surface area (Å²) in [6, 6.07) is 4.04. The van der Waals surface area contributed by atoms with Gasteiger partial charge in [0.1, 0.15) is 5.54 Å². The summed E-state index contributed by atoms with van der Waals surface area (Å²) in [7, 11) is 1.34. The number of halogens is 2. The molecule has 3 nitrogen and oxygen atoms in total. The Kier molecular flexibility index (Phi) is 4.99. The Balaban J connectivity index is 2.13. The van der Waals surface area contributed by atoms with E-state index in [0.29, 0.717) is 12.8 Å². The van der Waals surface area contributed by atoms with Crippen LogP contribution in [0.1, 0.15) is 18.4 Å². The van der Waals surface area contributed by atoms with Crippen LogP contribution in [0.15, 0.2) is 18.2 Å². The standard InChI is InChI=1S/C14H17F2NO2S/c1-19-13(18)14(5-7-20-8-6-14)17-9-10-3-2-4-11(15)12(10)16/h2-4,17H,5-9H2,1H3. The smallest absolute Gasteiger partial charge is 0.326 e. The Bertz CT molecular complexity index is 490. The third kappa shape index (κ3) is 3.12. The molecule has 0 bridgehead atoms. The Morgan fingerprint density at radius 2 is 2.10 bits per heavy atom. The van der Waals surface area contributed by atoms with Gasteiger partial charge in [0.15, 0.2) is 11.6 Å². The second-order valence-corrected chi connectivity index (χ2v) is 5.98. The molecule has 0 aromatic heterocycles. The normalized spacial score (nSPS) is 17.8. The quantitative estimate of drug-likeness (QED) is 0.867. The number of ether oxygens (including phenoxy) is 1. The summed E-state index contributed by atoms with van der Waals surface area (Å²) in [5.74, 6) is -0.406. The zero-order chi connectivity index (χ0) is 14.6. The number of esters is 1. The largest absolute Gasteiger partial charge is 0.468 e. The molecule has 0 aliphatic carbocycles. The lowest BCUT2D eigenvalue weighted by atomic mass is 9.92. The average Bonchev–Trinajstić information content (AvgIpc) is 2.49. The van der Waals surface area contributed by atoms with Crippen molar-refractivity contribution in [2.45, 2.75) is 24.9 Å². The Morgan fingerprint density at radius 1 is 1.40 bits per heavy atom. The second-order valence-electron chi connectivity index (χ2n) is 4.75. The molecular weight excluding hydrogens is 284 g/mol. The van der Waals surface area contributed by atoms with E-state index in [9.17, 15) is 13.6 Å². The number of benzene rings is 1. The number of methoxy groups -OCH3 is 1. The van der Waals surface area contributed by atoms with Crippen molar-refractivity contribution in [2.75, 3.05) is 18.6 Å². The minimum Gasteiger partial charge on any atom is -0.468 e. The minimum atomic E-state index is -0.879. The SMILES string of the molecule is COC(=O)C1(NCc2cccc(F)c2F)CCSCC1. The monoisotopic (exact) mass is 301 g/mol. The maximum atomic E-state index is 13.6. The van der Waals surface area contributed by atoms with Gasteiger partial charge in [-0.1, -0.05) is 12.1 Å². The van der Waals surface area contributed by atoms with Gasteiger partial charge in [0.2, 0.25) is 0 Å². The zero-order valence-corrected chi connectivity index (χ0v) is 12.1. The van der Waals surface area contributed by atoms with Crippen LogP contribution < -0.4 is 5.32 Å². The molecular formula is C14H17F2NO2S.